The van der Waals surface area contributed by atoms with E-state index in [1.54, 1.807) is 0 Å². The Kier molecular flexibility index (Phi) is 5.48. The highest BCUT2D eigenvalue weighted by Gasteiger charge is 2.09. The van der Waals surface area contributed by atoms with Gasteiger partial charge in [-0.05, 0) is 54.4 Å². The molecule has 0 saturated carbocycles. The lowest BCUT2D eigenvalue weighted by atomic mass is 10.2. The first-order chi connectivity index (χ1) is 8.08. The zero-order chi connectivity index (χ0) is 12.8. The highest BCUT2D eigenvalue weighted by molar-refractivity contribution is 9.10. The largest absolute Gasteiger partial charge is 0.375 e. The van der Waals surface area contributed by atoms with Crippen molar-refractivity contribution in [2.45, 2.75) is 20.8 Å². The molecule has 0 aliphatic carbocycles. The first kappa shape index (κ1) is 14.0. The lowest BCUT2D eigenvalue weighted by Crippen LogP contribution is -2.35. The van der Waals surface area contributed by atoms with Crippen molar-refractivity contribution in [1.29, 1.82) is 0 Å². The summed E-state index contributed by atoms with van der Waals surface area (Å²) in [5, 5.41) is 3.15. The van der Waals surface area contributed by atoms with Gasteiger partial charge in [-0.3, -0.25) is 4.79 Å². The number of halogens is 1. The van der Waals surface area contributed by atoms with Gasteiger partial charge < -0.3 is 10.2 Å². The molecule has 1 rings (SSSR count). The average Bonchev–Trinajstić information content (AvgIpc) is 2.29. The highest BCUT2D eigenvalue weighted by atomic mass is 79.9. The average molecular weight is 299 g/mol. The number of amides is 1. The minimum atomic E-state index is 0.127. The summed E-state index contributed by atoms with van der Waals surface area (Å²) in [5.74, 6) is 0.127. The van der Waals surface area contributed by atoms with Crippen LogP contribution in [0.3, 0.4) is 0 Å². The molecule has 0 saturated heterocycles. The molecule has 17 heavy (non-hydrogen) atoms. The maximum atomic E-state index is 11.8. The number of likely N-dealkylation sites (N-methyl/N-ethyl adjacent to an activating group) is 1. The standard InChI is InChI=1S/C13H19BrN2O/c1-4-16(5-2)13(17)9-15-12-7-6-10(3)8-11(12)14/h6-8,15H,4-5,9H2,1-3H3. The number of aryl methyl sites for hydroxylation is 1. The van der Waals surface area contributed by atoms with Crippen molar-refractivity contribution in [2.75, 3.05) is 25.0 Å². The smallest absolute Gasteiger partial charge is 0.241 e. The van der Waals surface area contributed by atoms with Gasteiger partial charge in [-0.25, -0.2) is 0 Å². The van der Waals surface area contributed by atoms with Crippen molar-refractivity contribution in [3.05, 3.63) is 28.2 Å². The molecule has 94 valence electrons. The predicted octanol–water partition coefficient (Wildman–Crippen LogP) is 3.04. The second kappa shape index (κ2) is 6.64. The highest BCUT2D eigenvalue weighted by Crippen LogP contribution is 2.23. The summed E-state index contributed by atoms with van der Waals surface area (Å²) in [4.78, 5) is 13.6. The van der Waals surface area contributed by atoms with E-state index in [4.69, 9.17) is 0 Å². The molecule has 0 fully saturated rings. The molecule has 0 atom stereocenters. The van der Waals surface area contributed by atoms with Crippen LogP contribution in [0.4, 0.5) is 5.69 Å². The van der Waals surface area contributed by atoms with E-state index in [2.05, 4.69) is 21.2 Å². The van der Waals surface area contributed by atoms with Gasteiger partial charge in [-0.15, -0.1) is 0 Å². The van der Waals surface area contributed by atoms with E-state index in [9.17, 15) is 4.79 Å². The summed E-state index contributed by atoms with van der Waals surface area (Å²) >= 11 is 3.48. The molecule has 0 aromatic heterocycles. The van der Waals surface area contributed by atoms with Crippen molar-refractivity contribution in [3.63, 3.8) is 0 Å². The number of anilines is 1. The topological polar surface area (TPSA) is 32.3 Å². The zero-order valence-corrected chi connectivity index (χ0v) is 12.2. The lowest BCUT2D eigenvalue weighted by Gasteiger charge is -2.19. The van der Waals surface area contributed by atoms with E-state index in [0.717, 1.165) is 23.2 Å². The summed E-state index contributed by atoms with van der Waals surface area (Å²) in [6.07, 6.45) is 0. The van der Waals surface area contributed by atoms with E-state index < -0.39 is 0 Å². The molecule has 3 nitrogen and oxygen atoms in total. The van der Waals surface area contributed by atoms with Crippen molar-refractivity contribution < 1.29 is 4.79 Å². The number of rotatable bonds is 5. The minimum absolute atomic E-state index is 0.127. The van der Waals surface area contributed by atoms with Crippen molar-refractivity contribution in [3.8, 4) is 0 Å². The molecule has 0 aliphatic heterocycles. The maximum absolute atomic E-state index is 11.8. The van der Waals surface area contributed by atoms with Crippen molar-refractivity contribution in [1.82, 2.24) is 4.90 Å². The van der Waals surface area contributed by atoms with Gasteiger partial charge in [0.15, 0.2) is 0 Å². The molecule has 4 heteroatoms. The molecular formula is C13H19BrN2O. The second-order valence-electron chi connectivity index (χ2n) is 3.90. The molecule has 0 heterocycles. The van der Waals surface area contributed by atoms with Crippen LogP contribution < -0.4 is 5.32 Å². The Morgan fingerprint density at radius 1 is 1.35 bits per heavy atom. The summed E-state index contributed by atoms with van der Waals surface area (Å²) < 4.78 is 0.991. The Morgan fingerprint density at radius 2 is 2.00 bits per heavy atom. The first-order valence-corrected chi connectivity index (χ1v) is 6.65. The van der Waals surface area contributed by atoms with E-state index in [-0.39, 0.29) is 5.91 Å². The molecule has 0 unspecified atom stereocenters. The van der Waals surface area contributed by atoms with E-state index >= 15 is 0 Å². The molecule has 1 N–H and O–H groups in total. The predicted molar refractivity (Wildman–Crippen MR) is 75.3 cm³/mol. The van der Waals surface area contributed by atoms with Gasteiger partial charge in [0, 0.05) is 23.2 Å². The minimum Gasteiger partial charge on any atom is -0.375 e. The van der Waals surface area contributed by atoms with E-state index in [1.807, 2.05) is 43.9 Å². The molecule has 1 aromatic carbocycles. The summed E-state index contributed by atoms with van der Waals surface area (Å²) in [6.45, 7) is 7.86. The number of carbonyl (C=O) groups is 1. The Bertz CT molecular complexity index is 389. The number of hydrogen-bond acceptors (Lipinski definition) is 2. The van der Waals surface area contributed by atoms with Gasteiger partial charge in [0.2, 0.25) is 5.91 Å². The molecule has 0 bridgehead atoms. The number of nitrogens with zero attached hydrogens (tertiary/aromatic N) is 1. The third-order valence-electron chi connectivity index (χ3n) is 2.67. The Balaban J connectivity index is 2.58. The number of hydrogen-bond donors (Lipinski definition) is 1. The first-order valence-electron chi connectivity index (χ1n) is 5.86. The monoisotopic (exact) mass is 298 g/mol. The normalized spacial score (nSPS) is 10.1. The molecule has 0 radical (unpaired) electrons. The van der Waals surface area contributed by atoms with Gasteiger partial charge in [0.25, 0.3) is 0 Å². The van der Waals surface area contributed by atoms with Crippen LogP contribution in [0.25, 0.3) is 0 Å². The van der Waals surface area contributed by atoms with Gasteiger partial charge >= 0.3 is 0 Å². The van der Waals surface area contributed by atoms with Crippen LogP contribution in [0.2, 0.25) is 0 Å². The second-order valence-corrected chi connectivity index (χ2v) is 4.76. The fourth-order valence-electron chi connectivity index (χ4n) is 1.62. The third-order valence-corrected chi connectivity index (χ3v) is 3.33. The fraction of sp³-hybridized carbons (Fsp3) is 0.462. The van der Waals surface area contributed by atoms with Gasteiger partial charge in [-0.1, -0.05) is 6.07 Å². The van der Waals surface area contributed by atoms with Crippen LogP contribution in [-0.2, 0) is 4.79 Å². The Labute approximate surface area is 111 Å². The number of nitrogens with one attached hydrogen (secondary N) is 1. The van der Waals surface area contributed by atoms with Crippen LogP contribution in [0, 0.1) is 6.92 Å². The third kappa shape index (κ3) is 4.04. The molecule has 1 aromatic rings. The van der Waals surface area contributed by atoms with Crippen LogP contribution in [0.15, 0.2) is 22.7 Å². The van der Waals surface area contributed by atoms with Crippen LogP contribution in [0.5, 0.6) is 0 Å². The van der Waals surface area contributed by atoms with Crippen LogP contribution in [0.1, 0.15) is 19.4 Å². The summed E-state index contributed by atoms with van der Waals surface area (Å²) in [5.41, 5.74) is 2.15. The van der Waals surface area contributed by atoms with Crippen molar-refractivity contribution in [2.24, 2.45) is 0 Å². The molecule has 1 amide bonds. The Morgan fingerprint density at radius 3 is 2.53 bits per heavy atom. The van der Waals surface area contributed by atoms with Gasteiger partial charge in [0.1, 0.15) is 0 Å². The maximum Gasteiger partial charge on any atom is 0.241 e. The Hall–Kier alpha value is -1.03. The summed E-state index contributed by atoms with van der Waals surface area (Å²) in [7, 11) is 0. The zero-order valence-electron chi connectivity index (χ0n) is 10.6. The fourth-order valence-corrected chi connectivity index (χ4v) is 2.26. The van der Waals surface area contributed by atoms with Gasteiger partial charge in [0.05, 0.1) is 6.54 Å². The number of carbonyl (C=O) groups excluding carboxylic acids is 1. The lowest BCUT2D eigenvalue weighted by molar-refractivity contribution is -0.128. The van der Waals surface area contributed by atoms with Crippen LogP contribution >= 0.6 is 15.9 Å². The van der Waals surface area contributed by atoms with Crippen molar-refractivity contribution >= 4 is 27.5 Å². The number of benzene rings is 1. The molecule has 0 aliphatic rings. The van der Waals surface area contributed by atoms with E-state index in [1.165, 1.54) is 5.56 Å². The quantitative estimate of drug-likeness (QED) is 0.906. The molecule has 0 spiro atoms. The summed E-state index contributed by atoms with van der Waals surface area (Å²) in [6, 6.07) is 6.04. The van der Waals surface area contributed by atoms with E-state index in [0.29, 0.717) is 6.54 Å². The molecular weight excluding hydrogens is 280 g/mol. The van der Waals surface area contributed by atoms with Gasteiger partial charge in [-0.2, -0.15) is 0 Å². The SMILES string of the molecule is CCN(CC)C(=O)CNc1ccc(C)cc1Br. The van der Waals surface area contributed by atoms with Crippen LogP contribution in [-0.4, -0.2) is 30.4 Å².